The van der Waals surface area contributed by atoms with Gasteiger partial charge >= 0.3 is 0 Å². The van der Waals surface area contributed by atoms with Crippen LogP contribution in [0.2, 0.25) is 0 Å². The monoisotopic (exact) mass is 480 g/mol. The van der Waals surface area contributed by atoms with Crippen molar-refractivity contribution in [2.24, 2.45) is 23.7 Å². The summed E-state index contributed by atoms with van der Waals surface area (Å²) in [6.45, 7) is 2.83. The number of hydrogen-bond donors (Lipinski definition) is 3. The van der Waals surface area contributed by atoms with E-state index in [1.165, 1.54) is 19.9 Å². The van der Waals surface area contributed by atoms with E-state index >= 15 is 0 Å². The molecule has 3 N–H and O–H groups in total. The molecule has 3 fully saturated rings. The van der Waals surface area contributed by atoms with Crippen molar-refractivity contribution < 1.29 is 29.1 Å². The molecule has 0 spiro atoms. The number of aliphatic hydroxyl groups is 1. The van der Waals surface area contributed by atoms with Crippen LogP contribution in [0.1, 0.15) is 52.4 Å². The maximum Gasteiger partial charge on any atom is 0.217 e. The average molecular weight is 481 g/mol. The lowest BCUT2D eigenvalue weighted by molar-refractivity contribution is -0.125. The van der Waals surface area contributed by atoms with E-state index in [1.807, 2.05) is 0 Å². The van der Waals surface area contributed by atoms with Gasteiger partial charge in [0.2, 0.25) is 11.8 Å². The van der Waals surface area contributed by atoms with Crippen LogP contribution < -0.4 is 10.6 Å². The molecule has 0 aromatic carbocycles. The largest absolute Gasteiger partial charge is 0.511 e. The van der Waals surface area contributed by atoms with Gasteiger partial charge in [0, 0.05) is 37.8 Å². The molecule has 3 saturated carbocycles. The summed E-state index contributed by atoms with van der Waals surface area (Å²) in [4.78, 5) is 61.8. The molecule has 4 aliphatic rings. The van der Waals surface area contributed by atoms with Crippen LogP contribution in [0, 0.1) is 23.7 Å². The van der Waals surface area contributed by atoms with Crippen molar-refractivity contribution in [3.63, 3.8) is 0 Å². The van der Waals surface area contributed by atoms with Crippen LogP contribution in [0.5, 0.6) is 0 Å². The lowest BCUT2D eigenvalue weighted by Gasteiger charge is -2.33. The van der Waals surface area contributed by atoms with Crippen LogP contribution in [-0.2, 0) is 24.0 Å². The Morgan fingerprint density at radius 3 is 1.94 bits per heavy atom. The Kier molecular flexibility index (Phi) is 7.19. The Balaban J connectivity index is 1.45. The molecule has 8 nitrogen and oxygen atoms in total. The fraction of sp³-hybridized carbons (Fsp3) is 0.519. The molecule has 186 valence electrons. The molecule has 8 heteroatoms. The van der Waals surface area contributed by atoms with Crippen molar-refractivity contribution >= 4 is 29.2 Å². The minimum Gasteiger partial charge on any atom is -0.511 e. The highest BCUT2D eigenvalue weighted by atomic mass is 16.3. The standard InChI is InChI=1S/C27H32N2O6/c1-14(30)28-20-12-6-10-16-22(20)26(34)18(24(16)32)8-4-3-5-9-19-25(33)17-11-7-13-21(29-15(2)31)23(17)27(19)35/h3-5,8-9,16-17,20-23,32H,6-7,10-13H2,1-2H3,(H,28,30)(H,29,31). The third-order valence-corrected chi connectivity index (χ3v) is 7.69. The fourth-order valence-electron chi connectivity index (χ4n) is 6.28. The maximum absolute atomic E-state index is 13.0. The van der Waals surface area contributed by atoms with Gasteiger partial charge in [-0.25, -0.2) is 0 Å². The first-order valence-corrected chi connectivity index (χ1v) is 12.4. The number of amides is 2. The van der Waals surface area contributed by atoms with Crippen LogP contribution in [0.15, 0.2) is 47.3 Å². The summed E-state index contributed by atoms with van der Waals surface area (Å²) in [5.74, 6) is -2.55. The SMILES string of the molecule is CC(=O)NC1CCCC2C(=O)C(=CC=CC=CC3=C(O)C4CCCC(NC(C)=O)C4C3=O)C(=O)C12. The second kappa shape index (κ2) is 10.1. The predicted octanol–water partition coefficient (Wildman–Crippen LogP) is 2.41. The Hall–Kier alpha value is -3.29. The number of hydrogen-bond acceptors (Lipinski definition) is 6. The Bertz CT molecular complexity index is 1080. The quantitative estimate of drug-likeness (QED) is 0.315. The van der Waals surface area contributed by atoms with E-state index in [-0.39, 0.29) is 70.0 Å². The molecule has 6 atom stereocenters. The van der Waals surface area contributed by atoms with Gasteiger partial charge in [0.05, 0.1) is 23.0 Å². The molecule has 6 unspecified atom stereocenters. The van der Waals surface area contributed by atoms with Crippen molar-refractivity contribution in [3.8, 4) is 0 Å². The van der Waals surface area contributed by atoms with Gasteiger partial charge in [-0.05, 0) is 37.8 Å². The van der Waals surface area contributed by atoms with Gasteiger partial charge < -0.3 is 15.7 Å². The lowest BCUT2D eigenvalue weighted by atomic mass is 9.76. The Labute approximate surface area is 204 Å². The molecule has 35 heavy (non-hydrogen) atoms. The van der Waals surface area contributed by atoms with E-state index in [1.54, 1.807) is 24.3 Å². The highest BCUT2D eigenvalue weighted by Crippen LogP contribution is 2.43. The Morgan fingerprint density at radius 2 is 1.34 bits per heavy atom. The molecular weight excluding hydrogens is 448 g/mol. The normalized spacial score (nSPS) is 34.1. The number of allylic oxidation sites excluding steroid dienone is 8. The number of aliphatic hydroxyl groups excluding tert-OH is 1. The van der Waals surface area contributed by atoms with Gasteiger partial charge in [0.1, 0.15) is 5.76 Å². The third-order valence-electron chi connectivity index (χ3n) is 7.69. The molecule has 0 aromatic rings. The van der Waals surface area contributed by atoms with Crippen molar-refractivity contribution in [1.29, 1.82) is 0 Å². The van der Waals surface area contributed by atoms with Crippen molar-refractivity contribution in [1.82, 2.24) is 10.6 Å². The summed E-state index contributed by atoms with van der Waals surface area (Å²) in [6, 6.07) is -0.595. The second-order valence-corrected chi connectivity index (χ2v) is 9.96. The summed E-state index contributed by atoms with van der Waals surface area (Å²) in [6.07, 6.45) is 12.2. The molecular formula is C27H32N2O6. The fourth-order valence-corrected chi connectivity index (χ4v) is 6.28. The van der Waals surface area contributed by atoms with Crippen molar-refractivity contribution in [2.45, 2.75) is 64.5 Å². The molecule has 0 radical (unpaired) electrons. The van der Waals surface area contributed by atoms with Crippen LogP contribution in [0.3, 0.4) is 0 Å². The van der Waals surface area contributed by atoms with E-state index in [0.29, 0.717) is 25.7 Å². The Morgan fingerprint density at radius 1 is 0.771 bits per heavy atom. The van der Waals surface area contributed by atoms with Crippen molar-refractivity contribution in [3.05, 3.63) is 47.3 Å². The lowest BCUT2D eigenvalue weighted by Crippen LogP contribution is -2.46. The van der Waals surface area contributed by atoms with E-state index in [2.05, 4.69) is 10.6 Å². The maximum atomic E-state index is 13.0. The smallest absolute Gasteiger partial charge is 0.217 e. The molecule has 0 heterocycles. The molecule has 0 aliphatic heterocycles. The molecule has 0 aromatic heterocycles. The number of ketones is 3. The van der Waals surface area contributed by atoms with Gasteiger partial charge in [-0.3, -0.25) is 24.0 Å². The highest BCUT2D eigenvalue weighted by Gasteiger charge is 2.50. The highest BCUT2D eigenvalue weighted by molar-refractivity contribution is 6.27. The molecule has 2 amide bonds. The zero-order valence-corrected chi connectivity index (χ0v) is 20.1. The summed E-state index contributed by atoms with van der Waals surface area (Å²) < 4.78 is 0. The number of Topliss-reactive ketones (excluding diaryl/α,β-unsaturated/α-hetero) is 3. The van der Waals surface area contributed by atoms with Gasteiger partial charge in [-0.15, -0.1) is 0 Å². The van der Waals surface area contributed by atoms with Crippen molar-refractivity contribution in [2.75, 3.05) is 0 Å². The minimum atomic E-state index is -0.506. The van der Waals surface area contributed by atoms with Crippen LogP contribution >= 0.6 is 0 Å². The minimum absolute atomic E-state index is 0.0623. The van der Waals surface area contributed by atoms with Gasteiger partial charge in [-0.2, -0.15) is 0 Å². The number of carbonyl (C=O) groups is 5. The van der Waals surface area contributed by atoms with E-state index < -0.39 is 11.8 Å². The molecule has 4 aliphatic carbocycles. The first-order chi connectivity index (χ1) is 16.7. The van der Waals surface area contributed by atoms with Crippen LogP contribution in [0.25, 0.3) is 0 Å². The van der Waals surface area contributed by atoms with E-state index in [9.17, 15) is 29.1 Å². The first kappa shape index (κ1) is 24.8. The predicted molar refractivity (Wildman–Crippen MR) is 128 cm³/mol. The van der Waals surface area contributed by atoms with E-state index in [4.69, 9.17) is 0 Å². The summed E-state index contributed by atoms with van der Waals surface area (Å²) in [7, 11) is 0. The number of rotatable bonds is 5. The van der Waals surface area contributed by atoms with E-state index in [0.717, 1.165) is 12.8 Å². The summed E-state index contributed by atoms with van der Waals surface area (Å²) in [5.41, 5.74) is 0.386. The molecule has 0 bridgehead atoms. The van der Waals surface area contributed by atoms with Crippen LogP contribution in [0.4, 0.5) is 0 Å². The number of nitrogens with one attached hydrogen (secondary N) is 2. The molecule has 0 saturated heterocycles. The summed E-state index contributed by atoms with van der Waals surface area (Å²) in [5, 5.41) is 16.3. The first-order valence-electron chi connectivity index (χ1n) is 12.4. The average Bonchev–Trinajstić information content (AvgIpc) is 3.19. The van der Waals surface area contributed by atoms with Gasteiger partial charge in [0.15, 0.2) is 17.3 Å². The zero-order valence-electron chi connectivity index (χ0n) is 20.1. The second-order valence-electron chi connectivity index (χ2n) is 9.96. The summed E-state index contributed by atoms with van der Waals surface area (Å²) >= 11 is 0. The van der Waals surface area contributed by atoms with Gasteiger partial charge in [-0.1, -0.05) is 31.1 Å². The number of carbonyl (C=O) groups excluding carboxylic acids is 5. The van der Waals surface area contributed by atoms with Gasteiger partial charge in [0.25, 0.3) is 0 Å². The zero-order chi connectivity index (χ0) is 25.3. The third kappa shape index (κ3) is 4.79. The van der Waals surface area contributed by atoms with Crippen LogP contribution in [-0.4, -0.2) is 46.4 Å². The number of fused-ring (bicyclic) bond motifs is 2. The topological polar surface area (TPSA) is 130 Å². The molecule has 4 rings (SSSR count).